The van der Waals surface area contributed by atoms with Gasteiger partial charge in [-0.2, -0.15) is 13.2 Å². The second-order valence-electron chi connectivity index (χ2n) is 3.62. The smallest absolute Gasteiger partial charge is 0.365 e. The van der Waals surface area contributed by atoms with E-state index >= 15 is 0 Å². The van der Waals surface area contributed by atoms with E-state index in [9.17, 15) is 22.8 Å². The van der Waals surface area contributed by atoms with Gasteiger partial charge >= 0.3 is 6.18 Å². The van der Waals surface area contributed by atoms with Gasteiger partial charge in [-0.15, -0.1) is 0 Å². The molecular weight excluding hydrogens is 249 g/mol. The van der Waals surface area contributed by atoms with Gasteiger partial charge in [-0.25, -0.2) is 0 Å². The van der Waals surface area contributed by atoms with Crippen molar-refractivity contribution < 1.29 is 18.0 Å². The van der Waals surface area contributed by atoms with Crippen LogP contribution in [0, 0.1) is 0 Å². The maximum atomic E-state index is 12.7. The van der Waals surface area contributed by atoms with Gasteiger partial charge in [-0.05, 0) is 12.1 Å². The summed E-state index contributed by atoms with van der Waals surface area (Å²) in [5, 5.41) is -0.221. The zero-order valence-corrected chi connectivity index (χ0v) is 8.84. The first-order valence-electron chi connectivity index (χ1n) is 4.84. The summed E-state index contributed by atoms with van der Waals surface area (Å²) >= 11 is 0. The highest BCUT2D eigenvalue weighted by atomic mass is 19.4. The van der Waals surface area contributed by atoms with E-state index in [1.54, 1.807) is 0 Å². The maximum absolute atomic E-state index is 12.7. The van der Waals surface area contributed by atoms with Crippen LogP contribution in [0.25, 0.3) is 10.9 Å². The number of H-pyrrole nitrogens is 1. The van der Waals surface area contributed by atoms with Crippen LogP contribution in [-0.2, 0) is 6.18 Å². The van der Waals surface area contributed by atoms with Gasteiger partial charge in [-0.1, -0.05) is 6.07 Å². The van der Waals surface area contributed by atoms with Gasteiger partial charge in [0.1, 0.15) is 5.56 Å². The molecule has 0 unspecified atom stereocenters. The number of benzene rings is 1. The minimum absolute atomic E-state index is 0.221. The van der Waals surface area contributed by atoms with Gasteiger partial charge in [-0.3, -0.25) is 9.59 Å². The number of hydrogen-bond acceptors (Lipinski definition) is 2. The molecule has 0 radical (unpaired) electrons. The van der Waals surface area contributed by atoms with E-state index in [2.05, 4.69) is 4.98 Å². The van der Waals surface area contributed by atoms with Crippen LogP contribution < -0.4 is 11.2 Å². The molecule has 0 aliphatic heterocycles. The fourth-order valence-electron chi connectivity index (χ4n) is 1.67. The van der Waals surface area contributed by atoms with Gasteiger partial charge in [0, 0.05) is 11.6 Å². The van der Waals surface area contributed by atoms with Crippen molar-refractivity contribution in [3.63, 3.8) is 0 Å². The molecule has 94 valence electrons. The Kier molecular flexibility index (Phi) is 2.61. The lowest BCUT2D eigenvalue weighted by atomic mass is 10.1. The maximum Gasteiger partial charge on any atom is 0.418 e. The molecule has 0 spiro atoms. The van der Waals surface area contributed by atoms with Gasteiger partial charge in [0.25, 0.3) is 5.91 Å². The molecule has 18 heavy (non-hydrogen) atoms. The number of fused-ring (bicyclic) bond motifs is 1. The van der Waals surface area contributed by atoms with Gasteiger partial charge in [0.2, 0.25) is 5.43 Å². The molecule has 2 rings (SSSR count). The van der Waals surface area contributed by atoms with Gasteiger partial charge in [0.15, 0.2) is 0 Å². The van der Waals surface area contributed by atoms with Crippen LogP contribution in [0.3, 0.4) is 0 Å². The van der Waals surface area contributed by atoms with Crippen LogP contribution in [0.2, 0.25) is 0 Å². The monoisotopic (exact) mass is 256 g/mol. The van der Waals surface area contributed by atoms with Crippen molar-refractivity contribution in [3.8, 4) is 0 Å². The summed E-state index contributed by atoms with van der Waals surface area (Å²) in [4.78, 5) is 25.0. The number of aromatic amines is 1. The number of amides is 1. The molecule has 0 fully saturated rings. The van der Waals surface area contributed by atoms with Crippen molar-refractivity contribution in [2.24, 2.45) is 5.73 Å². The van der Waals surface area contributed by atoms with Gasteiger partial charge in [0.05, 0.1) is 11.1 Å². The number of nitrogens with one attached hydrogen (secondary N) is 1. The molecule has 3 N–H and O–H groups in total. The first kappa shape index (κ1) is 12.2. The summed E-state index contributed by atoms with van der Waals surface area (Å²) in [5.41, 5.74) is 2.43. The van der Waals surface area contributed by atoms with E-state index in [0.29, 0.717) is 0 Å². The summed E-state index contributed by atoms with van der Waals surface area (Å²) in [6.45, 7) is 0. The third-order valence-electron chi connectivity index (χ3n) is 2.49. The molecule has 0 aliphatic carbocycles. The molecule has 0 atom stereocenters. The first-order chi connectivity index (χ1) is 8.32. The number of pyridine rings is 1. The highest BCUT2D eigenvalue weighted by Crippen LogP contribution is 2.32. The topological polar surface area (TPSA) is 76.0 Å². The van der Waals surface area contributed by atoms with Crippen LogP contribution in [0.15, 0.2) is 29.2 Å². The molecular formula is C11H7F3N2O2. The molecule has 0 aliphatic rings. The Bertz CT molecular complexity index is 689. The standard InChI is InChI=1S/C11H7F3N2O2/c12-11(13,14)7-3-1-2-5-8(7)16-4-6(9(5)17)10(15)18/h1-4H,(H2,15,18)(H,16,17). The largest absolute Gasteiger partial charge is 0.418 e. The molecule has 1 aromatic heterocycles. The zero-order valence-electron chi connectivity index (χ0n) is 8.84. The minimum Gasteiger partial charge on any atom is -0.365 e. The van der Waals surface area contributed by atoms with E-state index in [1.807, 2.05) is 0 Å². The summed E-state index contributed by atoms with van der Waals surface area (Å²) in [6.07, 6.45) is -3.70. The SMILES string of the molecule is NC(=O)c1c[nH]c2c(C(F)(F)F)cccc2c1=O. The third-order valence-corrected chi connectivity index (χ3v) is 2.49. The Balaban J connectivity index is 2.88. The zero-order chi connectivity index (χ0) is 13.5. The molecule has 1 amide bonds. The van der Waals surface area contributed by atoms with E-state index < -0.39 is 23.1 Å². The van der Waals surface area contributed by atoms with Crippen LogP contribution in [0.1, 0.15) is 15.9 Å². The molecule has 2 aromatic rings. The molecule has 0 saturated heterocycles. The molecule has 0 saturated carbocycles. The van der Waals surface area contributed by atoms with Crippen LogP contribution >= 0.6 is 0 Å². The summed E-state index contributed by atoms with van der Waals surface area (Å²) in [5.74, 6) is -0.990. The van der Waals surface area contributed by atoms with E-state index in [4.69, 9.17) is 5.73 Å². The van der Waals surface area contributed by atoms with Crippen molar-refractivity contribution in [3.05, 3.63) is 45.7 Å². The number of halogens is 3. The average molecular weight is 256 g/mol. The Morgan fingerprint density at radius 1 is 1.28 bits per heavy atom. The van der Waals surface area contributed by atoms with Crippen molar-refractivity contribution >= 4 is 16.8 Å². The highest BCUT2D eigenvalue weighted by Gasteiger charge is 2.33. The molecule has 1 aromatic carbocycles. The quantitative estimate of drug-likeness (QED) is 0.813. The number of para-hydroxylation sites is 1. The first-order valence-corrected chi connectivity index (χ1v) is 4.84. The average Bonchev–Trinajstić information content (AvgIpc) is 2.27. The van der Waals surface area contributed by atoms with Crippen molar-refractivity contribution in [1.29, 1.82) is 0 Å². The van der Waals surface area contributed by atoms with Gasteiger partial charge < -0.3 is 10.7 Å². The second kappa shape index (κ2) is 3.86. The number of alkyl halides is 3. The molecule has 1 heterocycles. The third kappa shape index (κ3) is 1.83. The van der Waals surface area contributed by atoms with E-state index in [-0.39, 0.29) is 16.5 Å². The molecule has 4 nitrogen and oxygen atoms in total. The highest BCUT2D eigenvalue weighted by molar-refractivity contribution is 5.96. The summed E-state index contributed by atoms with van der Waals surface area (Å²) < 4.78 is 38.1. The number of carbonyl (C=O) groups is 1. The predicted octanol–water partition coefficient (Wildman–Crippen LogP) is 1.65. The number of hydrogen-bond donors (Lipinski definition) is 2. The van der Waals surface area contributed by atoms with Crippen LogP contribution in [-0.4, -0.2) is 10.9 Å². The van der Waals surface area contributed by atoms with E-state index in [1.165, 1.54) is 6.07 Å². The van der Waals surface area contributed by atoms with Crippen LogP contribution in [0.5, 0.6) is 0 Å². The van der Waals surface area contributed by atoms with E-state index in [0.717, 1.165) is 18.3 Å². The Morgan fingerprint density at radius 3 is 2.50 bits per heavy atom. The fraction of sp³-hybridized carbons (Fsp3) is 0.0909. The lowest BCUT2D eigenvalue weighted by Gasteiger charge is -2.10. The predicted molar refractivity (Wildman–Crippen MR) is 58.1 cm³/mol. The number of rotatable bonds is 1. The second-order valence-corrected chi connectivity index (χ2v) is 3.62. The minimum atomic E-state index is -4.59. The van der Waals surface area contributed by atoms with Crippen molar-refractivity contribution in [1.82, 2.24) is 4.98 Å². The normalized spacial score (nSPS) is 11.7. The number of primary amides is 1. The number of aromatic nitrogens is 1. The van der Waals surface area contributed by atoms with Crippen molar-refractivity contribution in [2.45, 2.75) is 6.18 Å². The Hall–Kier alpha value is -2.31. The fourth-order valence-corrected chi connectivity index (χ4v) is 1.67. The van der Waals surface area contributed by atoms with Crippen molar-refractivity contribution in [2.75, 3.05) is 0 Å². The Morgan fingerprint density at radius 2 is 1.94 bits per heavy atom. The Labute approximate surface area is 98.2 Å². The number of carbonyl (C=O) groups excluding carboxylic acids is 1. The number of nitrogens with two attached hydrogens (primary N) is 1. The van der Waals surface area contributed by atoms with Crippen LogP contribution in [0.4, 0.5) is 13.2 Å². The molecule has 0 bridgehead atoms. The lowest BCUT2D eigenvalue weighted by molar-refractivity contribution is -0.136. The summed E-state index contributed by atoms with van der Waals surface area (Å²) in [7, 11) is 0. The lowest BCUT2D eigenvalue weighted by Crippen LogP contribution is -2.22. The summed E-state index contributed by atoms with van der Waals surface area (Å²) in [6, 6.07) is 3.16. The molecule has 7 heteroatoms.